The number of aliphatic imine (C=N–C) groups is 1. The topological polar surface area (TPSA) is 29.4 Å². The van der Waals surface area contributed by atoms with Crippen LogP contribution in [0.25, 0.3) is 0 Å². The van der Waals surface area contributed by atoms with Crippen LogP contribution in [0.15, 0.2) is 17.1 Å². The Morgan fingerprint density at radius 1 is 1.42 bits per heavy atom. The van der Waals surface area contributed by atoms with Crippen molar-refractivity contribution in [1.29, 1.82) is 0 Å². The highest BCUT2D eigenvalue weighted by molar-refractivity contribution is 5.55. The van der Waals surface area contributed by atoms with Gasteiger partial charge in [0.05, 0.1) is 5.69 Å². The van der Waals surface area contributed by atoms with Crippen LogP contribution >= 0.6 is 0 Å². The fourth-order valence-electron chi connectivity index (χ4n) is 0.963. The number of halogens is 1. The van der Waals surface area contributed by atoms with E-state index in [0.29, 0.717) is 5.69 Å². The summed E-state index contributed by atoms with van der Waals surface area (Å²) in [4.78, 5) is 13.3. The number of aryl methyl sites for hydroxylation is 1. The van der Waals surface area contributed by atoms with Gasteiger partial charge in [-0.05, 0) is 31.0 Å². The van der Waals surface area contributed by atoms with Gasteiger partial charge in [-0.25, -0.2) is 9.18 Å². The summed E-state index contributed by atoms with van der Waals surface area (Å²) in [5.74, 6) is -0.382. The van der Waals surface area contributed by atoms with Crippen molar-refractivity contribution in [3.05, 3.63) is 29.1 Å². The Bertz CT molecular complexity index is 354. The minimum atomic E-state index is -0.382. The fourth-order valence-corrected chi connectivity index (χ4v) is 0.963. The highest BCUT2D eigenvalue weighted by Gasteiger charge is 2.02. The van der Waals surface area contributed by atoms with E-state index in [2.05, 4.69) is 4.99 Å². The molecule has 0 saturated carbocycles. The third-order valence-electron chi connectivity index (χ3n) is 1.77. The Morgan fingerprint density at radius 2 is 2.08 bits per heavy atom. The van der Waals surface area contributed by atoms with Crippen LogP contribution in [-0.2, 0) is 4.79 Å². The van der Waals surface area contributed by atoms with E-state index in [-0.39, 0.29) is 5.82 Å². The van der Waals surface area contributed by atoms with Crippen LogP contribution in [0.4, 0.5) is 10.1 Å². The molecular weight excluding hydrogens is 157 g/mol. The van der Waals surface area contributed by atoms with Gasteiger partial charge in [0.15, 0.2) is 0 Å². The van der Waals surface area contributed by atoms with Crippen LogP contribution in [0.5, 0.6) is 0 Å². The van der Waals surface area contributed by atoms with Gasteiger partial charge in [0, 0.05) is 6.07 Å². The molecule has 0 atom stereocenters. The predicted octanol–water partition coefficient (Wildman–Crippen LogP) is 2.41. The normalized spacial score (nSPS) is 9.25. The van der Waals surface area contributed by atoms with Crippen molar-refractivity contribution in [2.75, 3.05) is 0 Å². The maximum Gasteiger partial charge on any atom is 0.240 e. The van der Waals surface area contributed by atoms with E-state index in [1.807, 2.05) is 0 Å². The van der Waals surface area contributed by atoms with Crippen molar-refractivity contribution in [3.8, 4) is 0 Å². The average molecular weight is 165 g/mol. The minimum Gasteiger partial charge on any atom is -0.211 e. The quantitative estimate of drug-likeness (QED) is 0.464. The Balaban J connectivity index is 3.36. The summed E-state index contributed by atoms with van der Waals surface area (Å²) in [6.07, 6.45) is 1.39. The smallest absolute Gasteiger partial charge is 0.211 e. The lowest BCUT2D eigenvalue weighted by atomic mass is 10.1. The van der Waals surface area contributed by atoms with Crippen molar-refractivity contribution >= 4 is 11.8 Å². The number of nitrogens with zero attached hydrogens (tertiary/aromatic N) is 1. The maximum atomic E-state index is 12.7. The molecule has 0 aromatic heterocycles. The Morgan fingerprint density at radius 3 is 2.67 bits per heavy atom. The van der Waals surface area contributed by atoms with Crippen LogP contribution in [-0.4, -0.2) is 6.08 Å². The van der Waals surface area contributed by atoms with E-state index in [4.69, 9.17) is 0 Å². The lowest BCUT2D eigenvalue weighted by molar-refractivity contribution is 0.565. The van der Waals surface area contributed by atoms with E-state index in [1.165, 1.54) is 18.2 Å². The Labute approximate surface area is 69.7 Å². The zero-order valence-corrected chi connectivity index (χ0v) is 6.89. The van der Waals surface area contributed by atoms with Gasteiger partial charge in [0.2, 0.25) is 6.08 Å². The number of isocyanates is 1. The molecule has 0 spiro atoms. The SMILES string of the molecule is Cc1cc(F)cc(N=C=O)c1C. The monoisotopic (exact) mass is 165 g/mol. The second-order valence-corrected chi connectivity index (χ2v) is 2.57. The molecular formula is C9H8FNO. The molecule has 0 saturated heterocycles. The molecule has 3 heteroatoms. The molecule has 2 nitrogen and oxygen atoms in total. The summed E-state index contributed by atoms with van der Waals surface area (Å²) in [6, 6.07) is 2.62. The van der Waals surface area contributed by atoms with Crippen molar-refractivity contribution < 1.29 is 9.18 Å². The zero-order valence-electron chi connectivity index (χ0n) is 6.89. The van der Waals surface area contributed by atoms with E-state index < -0.39 is 0 Å². The number of hydrogen-bond donors (Lipinski definition) is 0. The summed E-state index contributed by atoms with van der Waals surface area (Å²) in [5, 5.41) is 0. The molecule has 0 N–H and O–H groups in total. The van der Waals surface area contributed by atoms with Gasteiger partial charge in [-0.1, -0.05) is 0 Å². The molecule has 0 heterocycles. The Hall–Kier alpha value is -1.47. The first-order chi connectivity index (χ1) is 5.65. The molecule has 0 unspecified atom stereocenters. The van der Waals surface area contributed by atoms with Crippen molar-refractivity contribution in [3.63, 3.8) is 0 Å². The third kappa shape index (κ3) is 1.57. The maximum absolute atomic E-state index is 12.7. The van der Waals surface area contributed by atoms with E-state index in [0.717, 1.165) is 11.1 Å². The zero-order chi connectivity index (χ0) is 9.14. The van der Waals surface area contributed by atoms with Gasteiger partial charge >= 0.3 is 0 Å². The summed E-state index contributed by atoms with van der Waals surface area (Å²) in [6.45, 7) is 3.55. The van der Waals surface area contributed by atoms with Crippen LogP contribution in [0.1, 0.15) is 11.1 Å². The molecule has 0 radical (unpaired) electrons. The van der Waals surface area contributed by atoms with Crippen molar-refractivity contribution in [1.82, 2.24) is 0 Å². The van der Waals surface area contributed by atoms with Crippen LogP contribution < -0.4 is 0 Å². The molecule has 0 bridgehead atoms. The van der Waals surface area contributed by atoms with E-state index in [9.17, 15) is 9.18 Å². The van der Waals surface area contributed by atoms with Gasteiger partial charge in [-0.3, -0.25) is 0 Å². The fraction of sp³-hybridized carbons (Fsp3) is 0.222. The first-order valence-electron chi connectivity index (χ1n) is 3.50. The summed E-state index contributed by atoms with van der Waals surface area (Å²) < 4.78 is 12.7. The lowest BCUT2D eigenvalue weighted by Crippen LogP contribution is -1.84. The number of rotatable bonds is 1. The molecule has 1 aromatic rings. The minimum absolute atomic E-state index is 0.350. The molecule has 0 aliphatic carbocycles. The number of benzene rings is 1. The van der Waals surface area contributed by atoms with Crippen LogP contribution in [0, 0.1) is 19.7 Å². The highest BCUT2D eigenvalue weighted by Crippen LogP contribution is 2.22. The molecule has 0 amide bonds. The van der Waals surface area contributed by atoms with Gasteiger partial charge < -0.3 is 0 Å². The molecule has 0 aliphatic rings. The van der Waals surface area contributed by atoms with Crippen molar-refractivity contribution in [2.45, 2.75) is 13.8 Å². The molecule has 1 aromatic carbocycles. The van der Waals surface area contributed by atoms with Crippen LogP contribution in [0.2, 0.25) is 0 Å². The Kier molecular flexibility index (Phi) is 2.36. The second-order valence-electron chi connectivity index (χ2n) is 2.57. The molecule has 0 fully saturated rings. The summed E-state index contributed by atoms with van der Waals surface area (Å²) >= 11 is 0. The lowest BCUT2D eigenvalue weighted by Gasteiger charge is -2.01. The second kappa shape index (κ2) is 3.28. The van der Waals surface area contributed by atoms with E-state index in [1.54, 1.807) is 13.8 Å². The highest BCUT2D eigenvalue weighted by atomic mass is 19.1. The third-order valence-corrected chi connectivity index (χ3v) is 1.77. The van der Waals surface area contributed by atoms with Gasteiger partial charge in [0.1, 0.15) is 5.82 Å². The largest absolute Gasteiger partial charge is 0.240 e. The predicted molar refractivity (Wildman–Crippen MR) is 43.7 cm³/mol. The standard InChI is InChI=1S/C9H8FNO/c1-6-3-8(10)4-9(7(6)2)11-5-12/h3-4H,1-2H3. The molecule has 0 aliphatic heterocycles. The van der Waals surface area contributed by atoms with Crippen molar-refractivity contribution in [2.24, 2.45) is 4.99 Å². The summed E-state index contributed by atoms with van der Waals surface area (Å²) in [7, 11) is 0. The molecule has 62 valence electrons. The number of hydrogen-bond acceptors (Lipinski definition) is 2. The molecule has 12 heavy (non-hydrogen) atoms. The first kappa shape index (κ1) is 8.62. The van der Waals surface area contributed by atoms with Crippen LogP contribution in [0.3, 0.4) is 0 Å². The number of carbonyl (C=O) groups excluding carboxylic acids is 1. The van der Waals surface area contributed by atoms with E-state index >= 15 is 0 Å². The van der Waals surface area contributed by atoms with Gasteiger partial charge in [0.25, 0.3) is 0 Å². The molecule has 1 rings (SSSR count). The first-order valence-corrected chi connectivity index (χ1v) is 3.50. The van der Waals surface area contributed by atoms with Gasteiger partial charge in [-0.2, -0.15) is 4.99 Å². The average Bonchev–Trinajstić information content (AvgIpc) is 2.00. The summed E-state index contributed by atoms with van der Waals surface area (Å²) in [5.41, 5.74) is 1.94. The van der Waals surface area contributed by atoms with Gasteiger partial charge in [-0.15, -0.1) is 0 Å².